The molecule has 1 aliphatic heterocycles. The maximum atomic E-state index is 13.8. The third-order valence-electron chi connectivity index (χ3n) is 9.11. The molecule has 43 heavy (non-hydrogen) atoms. The van der Waals surface area contributed by atoms with Gasteiger partial charge in [0, 0.05) is 41.1 Å². The second kappa shape index (κ2) is 11.5. The minimum Gasteiger partial charge on any atom is -0.493 e. The molecule has 0 unspecified atom stereocenters. The molecular weight excluding hydrogens is 547 g/mol. The molecule has 3 aliphatic rings. The molecular formula is C35H41FN2O5. The normalized spacial score (nSPS) is 21.4. The summed E-state index contributed by atoms with van der Waals surface area (Å²) in [6.45, 7) is 7.26. The molecule has 0 spiro atoms. The van der Waals surface area contributed by atoms with Gasteiger partial charge in [0.15, 0.2) is 17.3 Å². The number of nitrogens with one attached hydrogen (secondary N) is 1. The van der Waals surface area contributed by atoms with Gasteiger partial charge in [-0.25, -0.2) is 9.37 Å². The number of aromatic nitrogens is 1. The molecule has 2 fully saturated rings. The molecule has 2 saturated carbocycles. The molecule has 6 rings (SSSR count). The number of benzene rings is 2. The number of ether oxygens (including phenoxy) is 3. The first-order valence-corrected chi connectivity index (χ1v) is 15.3. The van der Waals surface area contributed by atoms with Gasteiger partial charge in [-0.15, -0.1) is 0 Å². The van der Waals surface area contributed by atoms with Gasteiger partial charge in [0.2, 0.25) is 0 Å². The number of hydrogen-bond donors (Lipinski definition) is 2. The van der Waals surface area contributed by atoms with E-state index in [9.17, 15) is 14.3 Å². The summed E-state index contributed by atoms with van der Waals surface area (Å²) in [5.41, 5.74) is 1.42. The van der Waals surface area contributed by atoms with Crippen LogP contribution in [0.4, 0.5) is 4.39 Å². The molecule has 2 aromatic carbocycles. The van der Waals surface area contributed by atoms with Crippen LogP contribution in [0.2, 0.25) is 0 Å². The molecule has 2 aliphatic carbocycles. The van der Waals surface area contributed by atoms with Crippen molar-refractivity contribution in [2.75, 3.05) is 20.3 Å². The van der Waals surface area contributed by atoms with Crippen LogP contribution in [-0.2, 0) is 11.0 Å². The van der Waals surface area contributed by atoms with Crippen molar-refractivity contribution >= 4 is 5.78 Å². The standard InChI is InChI=1S/C35H41FN2O5/c1-21(22-5-6-22)37-19-34(2)20-42-33-27(34)18-31(38-32(33)23-7-10-25(36)11-8-23)35(3,40)16-15-28(39)24-9-14-29(30(17-24)41-4)43-26-12-13-26/h7-11,14,17-18,21-22,26,37,40H,5-6,12-13,15-16,19-20H2,1-4H3/t21-,34-,35-/m0/s1. The average molecular weight is 589 g/mol. The van der Waals surface area contributed by atoms with E-state index in [0.29, 0.717) is 64.9 Å². The Morgan fingerprint density at radius 2 is 1.91 bits per heavy atom. The number of carbonyl (C=O) groups excluding carboxylic acids is 1. The number of rotatable bonds is 13. The van der Waals surface area contributed by atoms with Crippen LogP contribution in [-0.4, -0.2) is 48.3 Å². The summed E-state index contributed by atoms with van der Waals surface area (Å²) >= 11 is 0. The van der Waals surface area contributed by atoms with Gasteiger partial charge < -0.3 is 24.6 Å². The Balaban J connectivity index is 1.26. The zero-order valence-corrected chi connectivity index (χ0v) is 25.4. The van der Waals surface area contributed by atoms with Gasteiger partial charge in [0.05, 0.1) is 25.5 Å². The summed E-state index contributed by atoms with van der Waals surface area (Å²) in [6, 6.07) is 13.7. The Morgan fingerprint density at radius 3 is 2.58 bits per heavy atom. The van der Waals surface area contributed by atoms with Crippen LogP contribution in [0.5, 0.6) is 17.2 Å². The largest absolute Gasteiger partial charge is 0.493 e. The van der Waals surface area contributed by atoms with Gasteiger partial charge in [0.1, 0.15) is 22.9 Å². The Morgan fingerprint density at radius 1 is 1.16 bits per heavy atom. The number of nitrogens with zero attached hydrogens (tertiary/aromatic N) is 1. The number of Topliss-reactive ketones (excluding diaryl/α,β-unsaturated/α-hetero) is 1. The van der Waals surface area contributed by atoms with Crippen LogP contribution < -0.4 is 19.5 Å². The van der Waals surface area contributed by atoms with Gasteiger partial charge in [-0.2, -0.15) is 0 Å². The maximum absolute atomic E-state index is 13.8. The minimum absolute atomic E-state index is 0.108. The van der Waals surface area contributed by atoms with Gasteiger partial charge in [-0.1, -0.05) is 6.92 Å². The quantitative estimate of drug-likeness (QED) is 0.225. The number of pyridine rings is 1. The number of carbonyl (C=O) groups is 1. The Labute approximate surface area is 252 Å². The topological polar surface area (TPSA) is 89.9 Å². The fourth-order valence-corrected chi connectivity index (χ4v) is 5.74. The lowest BCUT2D eigenvalue weighted by atomic mass is 9.81. The minimum atomic E-state index is -1.41. The van der Waals surface area contributed by atoms with E-state index in [1.807, 2.05) is 6.07 Å². The van der Waals surface area contributed by atoms with Crippen LogP contribution in [0, 0.1) is 11.7 Å². The molecule has 228 valence electrons. The molecule has 7 nitrogen and oxygen atoms in total. The number of aliphatic hydroxyl groups is 1. The highest BCUT2D eigenvalue weighted by molar-refractivity contribution is 5.96. The molecule has 2 heterocycles. The van der Waals surface area contributed by atoms with Crippen LogP contribution in [0.25, 0.3) is 11.3 Å². The summed E-state index contributed by atoms with van der Waals surface area (Å²) in [7, 11) is 1.56. The van der Waals surface area contributed by atoms with E-state index in [4.69, 9.17) is 19.2 Å². The lowest BCUT2D eigenvalue weighted by Crippen LogP contribution is -2.41. The van der Waals surface area contributed by atoms with Crippen molar-refractivity contribution < 1.29 is 28.5 Å². The van der Waals surface area contributed by atoms with E-state index >= 15 is 0 Å². The first kappa shape index (κ1) is 29.6. The third-order valence-corrected chi connectivity index (χ3v) is 9.11. The summed E-state index contributed by atoms with van der Waals surface area (Å²) < 4.78 is 31.4. The predicted octanol–water partition coefficient (Wildman–Crippen LogP) is 6.35. The number of ketones is 1. The van der Waals surface area contributed by atoms with Crippen LogP contribution >= 0.6 is 0 Å². The van der Waals surface area contributed by atoms with Crippen molar-refractivity contribution in [3.8, 4) is 28.5 Å². The molecule has 8 heteroatoms. The highest BCUT2D eigenvalue weighted by Crippen LogP contribution is 2.46. The third kappa shape index (κ3) is 6.41. The number of hydrogen-bond acceptors (Lipinski definition) is 7. The second-order valence-electron chi connectivity index (χ2n) is 13.0. The summed E-state index contributed by atoms with van der Waals surface area (Å²) in [4.78, 5) is 18.1. The second-order valence-corrected chi connectivity index (χ2v) is 13.0. The van der Waals surface area contributed by atoms with Crippen LogP contribution in [0.15, 0.2) is 48.5 Å². The molecule has 3 aromatic rings. The average Bonchev–Trinajstić information content (AvgIpc) is 3.94. The molecule has 0 saturated heterocycles. The van der Waals surface area contributed by atoms with Gasteiger partial charge in [-0.05, 0) is 100 Å². The lowest BCUT2D eigenvalue weighted by Gasteiger charge is -2.28. The lowest BCUT2D eigenvalue weighted by molar-refractivity contribution is 0.0396. The SMILES string of the molecule is COc1cc(C(=O)CC[C@](C)(O)c2cc3c(c(-c4ccc(F)cc4)n2)OC[C@]3(C)CN[C@@H](C)C2CC2)ccc1OC1CC1. The Bertz CT molecular complexity index is 1500. The van der Waals surface area contributed by atoms with E-state index < -0.39 is 5.60 Å². The van der Waals surface area contributed by atoms with E-state index in [1.54, 1.807) is 44.4 Å². The predicted molar refractivity (Wildman–Crippen MR) is 162 cm³/mol. The fraction of sp³-hybridized carbons (Fsp3) is 0.486. The van der Waals surface area contributed by atoms with Crippen LogP contribution in [0.3, 0.4) is 0 Å². The van der Waals surface area contributed by atoms with E-state index in [2.05, 4.69) is 19.2 Å². The van der Waals surface area contributed by atoms with Crippen molar-refractivity contribution in [3.05, 3.63) is 71.2 Å². The van der Waals surface area contributed by atoms with E-state index in [0.717, 1.165) is 18.4 Å². The van der Waals surface area contributed by atoms with Crippen molar-refractivity contribution in [2.45, 2.75) is 82.5 Å². The molecule has 0 bridgehead atoms. The summed E-state index contributed by atoms with van der Waals surface area (Å²) in [5.74, 6) is 2.09. The molecule has 0 amide bonds. The number of halogens is 1. The van der Waals surface area contributed by atoms with Gasteiger partial charge in [0.25, 0.3) is 0 Å². The molecule has 2 N–H and O–H groups in total. The summed E-state index contributed by atoms with van der Waals surface area (Å²) in [6.07, 6.45) is 5.06. The van der Waals surface area contributed by atoms with Crippen molar-refractivity contribution in [1.82, 2.24) is 10.3 Å². The highest BCUT2D eigenvalue weighted by Gasteiger charge is 2.41. The van der Waals surface area contributed by atoms with Crippen molar-refractivity contribution in [3.63, 3.8) is 0 Å². The first-order valence-electron chi connectivity index (χ1n) is 15.3. The molecule has 1 aromatic heterocycles. The first-order chi connectivity index (χ1) is 20.6. The van der Waals surface area contributed by atoms with Crippen molar-refractivity contribution in [2.24, 2.45) is 5.92 Å². The zero-order chi connectivity index (χ0) is 30.4. The highest BCUT2D eigenvalue weighted by atomic mass is 19.1. The van der Waals surface area contributed by atoms with Crippen molar-refractivity contribution in [1.29, 1.82) is 0 Å². The van der Waals surface area contributed by atoms with Gasteiger partial charge in [-0.3, -0.25) is 4.79 Å². The van der Waals surface area contributed by atoms with E-state index in [-0.39, 0.29) is 36.0 Å². The molecule has 3 atom stereocenters. The smallest absolute Gasteiger partial charge is 0.163 e. The van der Waals surface area contributed by atoms with E-state index in [1.165, 1.54) is 25.0 Å². The number of fused-ring (bicyclic) bond motifs is 1. The number of methoxy groups -OCH3 is 1. The zero-order valence-electron chi connectivity index (χ0n) is 25.4. The maximum Gasteiger partial charge on any atom is 0.163 e. The Kier molecular flexibility index (Phi) is 7.94. The summed E-state index contributed by atoms with van der Waals surface area (Å²) in [5, 5.41) is 15.5. The van der Waals surface area contributed by atoms with Crippen LogP contribution in [0.1, 0.15) is 80.9 Å². The monoisotopic (exact) mass is 588 g/mol. The Hall–Kier alpha value is -3.49. The van der Waals surface area contributed by atoms with Gasteiger partial charge >= 0.3 is 0 Å². The molecule has 0 radical (unpaired) electrons. The fourth-order valence-electron chi connectivity index (χ4n) is 5.74.